The molecule has 0 saturated carbocycles. The molecule has 0 spiro atoms. The van der Waals surface area contributed by atoms with E-state index in [1.807, 2.05) is 6.92 Å². The molecule has 0 fully saturated rings. The van der Waals surface area contributed by atoms with Gasteiger partial charge in [0, 0.05) is 12.8 Å². The zero-order valence-corrected chi connectivity index (χ0v) is 11.5. The zero-order valence-electron chi connectivity index (χ0n) is 11.5. The van der Waals surface area contributed by atoms with Crippen molar-refractivity contribution < 1.29 is 9.59 Å². The highest BCUT2D eigenvalue weighted by Crippen LogP contribution is 2.09. The summed E-state index contributed by atoms with van der Waals surface area (Å²) in [5.74, 6) is 0.139. The van der Waals surface area contributed by atoms with Gasteiger partial charge in [0.15, 0.2) is 5.78 Å². The Morgan fingerprint density at radius 1 is 0.941 bits per heavy atom. The molecule has 0 heterocycles. The Labute approximate surface area is 105 Å². The van der Waals surface area contributed by atoms with Crippen molar-refractivity contribution in [2.24, 2.45) is 0 Å². The summed E-state index contributed by atoms with van der Waals surface area (Å²) in [6.07, 6.45) is 7.59. The number of carbonyl (C=O) groups is 2. The van der Waals surface area contributed by atoms with E-state index in [1.165, 1.54) is 12.5 Å². The van der Waals surface area contributed by atoms with Crippen LogP contribution in [0.25, 0.3) is 0 Å². The highest BCUT2D eigenvalue weighted by Gasteiger charge is 2.01. The number of Topliss-reactive ketones (excluding diaryl/α,β-unsaturated/α-hetero) is 1. The Morgan fingerprint density at radius 2 is 1.59 bits per heavy atom. The largest absolute Gasteiger partial charge is 0.300 e. The second-order valence-corrected chi connectivity index (χ2v) is 4.60. The SMILES string of the molecule is CCC(C)=CCCC(C)=CC(=O)CCC(C)=O. The lowest BCUT2D eigenvalue weighted by Crippen LogP contribution is -1.98. The van der Waals surface area contributed by atoms with Crippen LogP contribution in [0, 0.1) is 0 Å². The van der Waals surface area contributed by atoms with Crippen LogP contribution in [0.15, 0.2) is 23.3 Å². The summed E-state index contributed by atoms with van der Waals surface area (Å²) in [4.78, 5) is 22.2. The van der Waals surface area contributed by atoms with Crippen LogP contribution in [0.1, 0.15) is 59.8 Å². The Hall–Kier alpha value is -1.18. The van der Waals surface area contributed by atoms with Crippen molar-refractivity contribution in [2.75, 3.05) is 0 Å². The van der Waals surface area contributed by atoms with Gasteiger partial charge in [-0.2, -0.15) is 0 Å². The third kappa shape index (κ3) is 9.73. The molecule has 0 rings (SSSR count). The molecule has 0 aromatic heterocycles. The molecule has 0 unspecified atom stereocenters. The Balaban J connectivity index is 4.00. The summed E-state index contributed by atoms with van der Waals surface area (Å²) < 4.78 is 0. The van der Waals surface area contributed by atoms with Crippen LogP contribution in [-0.2, 0) is 9.59 Å². The van der Waals surface area contributed by atoms with Crippen LogP contribution in [-0.4, -0.2) is 11.6 Å². The van der Waals surface area contributed by atoms with Crippen molar-refractivity contribution in [1.82, 2.24) is 0 Å². The minimum absolute atomic E-state index is 0.0638. The molecule has 0 saturated heterocycles. The first-order valence-corrected chi connectivity index (χ1v) is 6.30. The first-order valence-electron chi connectivity index (χ1n) is 6.30. The minimum Gasteiger partial charge on any atom is -0.300 e. The van der Waals surface area contributed by atoms with E-state index in [4.69, 9.17) is 0 Å². The third-order valence-electron chi connectivity index (χ3n) is 2.72. The molecular weight excluding hydrogens is 212 g/mol. The lowest BCUT2D eigenvalue weighted by molar-refractivity contribution is -0.121. The van der Waals surface area contributed by atoms with Gasteiger partial charge >= 0.3 is 0 Å². The average molecular weight is 236 g/mol. The number of hydrogen-bond donors (Lipinski definition) is 0. The highest BCUT2D eigenvalue weighted by atomic mass is 16.1. The second kappa shape index (κ2) is 8.91. The van der Waals surface area contributed by atoms with Crippen molar-refractivity contribution in [1.29, 1.82) is 0 Å². The summed E-state index contributed by atoms with van der Waals surface area (Å²) in [5, 5.41) is 0. The molecule has 0 N–H and O–H groups in total. The number of allylic oxidation sites excluding steroid dienone is 4. The molecule has 0 aromatic rings. The third-order valence-corrected chi connectivity index (χ3v) is 2.72. The van der Waals surface area contributed by atoms with Gasteiger partial charge in [0.05, 0.1) is 0 Å². The lowest BCUT2D eigenvalue weighted by atomic mass is 10.1. The van der Waals surface area contributed by atoms with Crippen molar-refractivity contribution in [2.45, 2.75) is 59.8 Å². The monoisotopic (exact) mass is 236 g/mol. The molecule has 0 bridgehead atoms. The molecule has 2 nitrogen and oxygen atoms in total. The summed E-state index contributed by atoms with van der Waals surface area (Å²) >= 11 is 0. The molecule has 96 valence electrons. The van der Waals surface area contributed by atoms with Crippen LogP contribution < -0.4 is 0 Å². The van der Waals surface area contributed by atoms with Crippen LogP contribution in [0.5, 0.6) is 0 Å². The Kier molecular flexibility index (Phi) is 8.29. The smallest absolute Gasteiger partial charge is 0.156 e. The normalized spacial score (nSPS) is 12.7. The molecule has 0 atom stereocenters. The summed E-state index contributed by atoms with van der Waals surface area (Å²) in [7, 11) is 0. The molecule has 17 heavy (non-hydrogen) atoms. The standard InChI is InChI=1S/C15H24O2/c1-5-12(2)7-6-8-13(3)11-15(17)10-9-14(4)16/h7,11H,5-6,8-10H2,1-4H3. The predicted octanol–water partition coefficient (Wildman–Crippen LogP) is 4.01. The van der Waals surface area contributed by atoms with E-state index < -0.39 is 0 Å². The van der Waals surface area contributed by atoms with E-state index in [0.717, 1.165) is 24.8 Å². The molecule has 0 aliphatic carbocycles. The van der Waals surface area contributed by atoms with Crippen molar-refractivity contribution in [3.8, 4) is 0 Å². The van der Waals surface area contributed by atoms with Gasteiger partial charge in [0.25, 0.3) is 0 Å². The zero-order chi connectivity index (χ0) is 13.3. The van der Waals surface area contributed by atoms with Gasteiger partial charge in [-0.25, -0.2) is 0 Å². The highest BCUT2D eigenvalue weighted by molar-refractivity contribution is 5.92. The fourth-order valence-electron chi connectivity index (χ4n) is 1.41. The van der Waals surface area contributed by atoms with Crippen LogP contribution in [0.2, 0.25) is 0 Å². The maximum Gasteiger partial charge on any atom is 0.156 e. The van der Waals surface area contributed by atoms with E-state index in [2.05, 4.69) is 19.9 Å². The molecule has 0 aromatic carbocycles. The van der Waals surface area contributed by atoms with Gasteiger partial charge in [-0.1, -0.05) is 24.1 Å². The van der Waals surface area contributed by atoms with Gasteiger partial charge in [0.2, 0.25) is 0 Å². The number of carbonyl (C=O) groups excluding carboxylic acids is 2. The van der Waals surface area contributed by atoms with Crippen LogP contribution in [0.3, 0.4) is 0 Å². The summed E-state index contributed by atoms with van der Waals surface area (Å²) in [6, 6.07) is 0. The number of hydrogen-bond acceptors (Lipinski definition) is 2. The average Bonchev–Trinajstić information content (AvgIpc) is 2.26. The molecule has 0 aliphatic rings. The maximum absolute atomic E-state index is 11.5. The Morgan fingerprint density at radius 3 is 2.12 bits per heavy atom. The fourth-order valence-corrected chi connectivity index (χ4v) is 1.41. The number of ketones is 2. The van der Waals surface area contributed by atoms with Gasteiger partial charge < -0.3 is 4.79 Å². The fraction of sp³-hybridized carbons (Fsp3) is 0.600. The van der Waals surface area contributed by atoms with E-state index in [0.29, 0.717) is 12.8 Å². The summed E-state index contributed by atoms with van der Waals surface area (Å²) in [6.45, 7) is 7.75. The first-order chi connectivity index (χ1) is 7.95. The molecular formula is C15H24O2. The van der Waals surface area contributed by atoms with Gasteiger partial charge in [-0.15, -0.1) is 0 Å². The Bertz CT molecular complexity index is 322. The van der Waals surface area contributed by atoms with E-state index in [-0.39, 0.29) is 11.6 Å². The van der Waals surface area contributed by atoms with Crippen LogP contribution in [0.4, 0.5) is 0 Å². The van der Waals surface area contributed by atoms with E-state index in [9.17, 15) is 9.59 Å². The topological polar surface area (TPSA) is 34.1 Å². The predicted molar refractivity (Wildman–Crippen MR) is 72.0 cm³/mol. The first kappa shape index (κ1) is 15.8. The molecule has 2 heteroatoms. The number of rotatable bonds is 8. The van der Waals surface area contributed by atoms with Gasteiger partial charge in [-0.3, -0.25) is 4.79 Å². The second-order valence-electron chi connectivity index (χ2n) is 4.60. The lowest BCUT2D eigenvalue weighted by Gasteiger charge is -1.99. The minimum atomic E-state index is 0.0638. The summed E-state index contributed by atoms with van der Waals surface area (Å²) in [5.41, 5.74) is 2.49. The van der Waals surface area contributed by atoms with E-state index >= 15 is 0 Å². The van der Waals surface area contributed by atoms with Crippen LogP contribution >= 0.6 is 0 Å². The maximum atomic E-state index is 11.5. The molecule has 0 aliphatic heterocycles. The quantitative estimate of drug-likeness (QED) is 0.471. The van der Waals surface area contributed by atoms with Crippen molar-refractivity contribution in [3.05, 3.63) is 23.3 Å². The van der Waals surface area contributed by atoms with Gasteiger partial charge in [0.1, 0.15) is 5.78 Å². The van der Waals surface area contributed by atoms with E-state index in [1.54, 1.807) is 6.08 Å². The van der Waals surface area contributed by atoms with Crippen molar-refractivity contribution >= 4 is 11.6 Å². The molecule has 0 radical (unpaired) electrons. The van der Waals surface area contributed by atoms with Crippen molar-refractivity contribution in [3.63, 3.8) is 0 Å². The van der Waals surface area contributed by atoms with Gasteiger partial charge in [-0.05, 0) is 46.1 Å². The molecule has 0 amide bonds.